The van der Waals surface area contributed by atoms with Gasteiger partial charge in [-0.3, -0.25) is 4.79 Å². The van der Waals surface area contributed by atoms with Gasteiger partial charge in [0.15, 0.2) is 11.6 Å². The minimum Gasteiger partial charge on any atom is -0.337 e. The molecule has 0 bridgehead atoms. The van der Waals surface area contributed by atoms with Crippen molar-refractivity contribution >= 4 is 18.3 Å². The smallest absolute Gasteiger partial charge is 0.222 e. The molecule has 6 heteroatoms. The lowest BCUT2D eigenvalue weighted by Crippen LogP contribution is -2.52. The Morgan fingerprint density at radius 3 is 2.81 bits per heavy atom. The van der Waals surface area contributed by atoms with Crippen molar-refractivity contribution < 1.29 is 13.6 Å². The lowest BCUT2D eigenvalue weighted by Gasteiger charge is -2.34. The highest BCUT2D eigenvalue weighted by atomic mass is 35.5. The molecule has 1 aromatic carbocycles. The molecule has 1 heterocycles. The van der Waals surface area contributed by atoms with Crippen molar-refractivity contribution in [2.24, 2.45) is 0 Å². The van der Waals surface area contributed by atoms with Crippen LogP contribution in [0.15, 0.2) is 18.2 Å². The van der Waals surface area contributed by atoms with Crippen LogP contribution in [0.5, 0.6) is 0 Å². The number of nitrogens with one attached hydrogen (secondary N) is 1. The SMILES string of the molecule is CC1CNCCN1C(=O)CCCc1ccc(F)c(F)c1.Cl. The van der Waals surface area contributed by atoms with Crippen molar-refractivity contribution in [3.8, 4) is 0 Å². The average molecular weight is 319 g/mol. The van der Waals surface area contributed by atoms with E-state index in [9.17, 15) is 13.6 Å². The molecule has 2 rings (SSSR count). The van der Waals surface area contributed by atoms with E-state index in [0.29, 0.717) is 19.3 Å². The maximum Gasteiger partial charge on any atom is 0.222 e. The van der Waals surface area contributed by atoms with Crippen LogP contribution in [0, 0.1) is 11.6 Å². The van der Waals surface area contributed by atoms with Crippen LogP contribution in [0.4, 0.5) is 8.78 Å². The molecule has 1 saturated heterocycles. The van der Waals surface area contributed by atoms with Gasteiger partial charge in [-0.2, -0.15) is 0 Å². The second kappa shape index (κ2) is 8.29. The van der Waals surface area contributed by atoms with Crippen LogP contribution >= 0.6 is 12.4 Å². The summed E-state index contributed by atoms with van der Waals surface area (Å²) >= 11 is 0. The summed E-state index contributed by atoms with van der Waals surface area (Å²) in [5.74, 6) is -1.52. The van der Waals surface area contributed by atoms with Crippen molar-refractivity contribution in [1.82, 2.24) is 10.2 Å². The normalized spacial score (nSPS) is 18.2. The summed E-state index contributed by atoms with van der Waals surface area (Å²) in [5.41, 5.74) is 0.727. The van der Waals surface area contributed by atoms with Crippen molar-refractivity contribution in [2.75, 3.05) is 19.6 Å². The molecule has 1 amide bonds. The molecule has 21 heavy (non-hydrogen) atoms. The molecular formula is C15H21ClF2N2O. The third kappa shape index (κ3) is 4.93. The van der Waals surface area contributed by atoms with E-state index < -0.39 is 11.6 Å². The number of benzene rings is 1. The number of amides is 1. The first kappa shape index (κ1) is 17.9. The van der Waals surface area contributed by atoms with Gasteiger partial charge in [0.1, 0.15) is 0 Å². The summed E-state index contributed by atoms with van der Waals surface area (Å²) < 4.78 is 25.8. The predicted molar refractivity (Wildman–Crippen MR) is 80.6 cm³/mol. The molecule has 1 unspecified atom stereocenters. The highest BCUT2D eigenvalue weighted by Gasteiger charge is 2.22. The van der Waals surface area contributed by atoms with Crippen molar-refractivity contribution in [3.05, 3.63) is 35.4 Å². The lowest BCUT2D eigenvalue weighted by atomic mass is 10.1. The zero-order valence-corrected chi connectivity index (χ0v) is 12.9. The molecule has 0 aromatic heterocycles. The molecule has 1 fully saturated rings. The number of piperazine rings is 1. The Bertz CT molecular complexity index is 485. The van der Waals surface area contributed by atoms with E-state index in [0.717, 1.165) is 31.3 Å². The molecule has 1 aliphatic heterocycles. The molecule has 0 spiro atoms. The van der Waals surface area contributed by atoms with Crippen LogP contribution < -0.4 is 5.32 Å². The molecule has 1 atom stereocenters. The molecule has 3 nitrogen and oxygen atoms in total. The fraction of sp³-hybridized carbons (Fsp3) is 0.533. The number of hydrogen-bond donors (Lipinski definition) is 1. The monoisotopic (exact) mass is 318 g/mol. The highest BCUT2D eigenvalue weighted by molar-refractivity contribution is 5.85. The zero-order chi connectivity index (χ0) is 14.5. The van der Waals surface area contributed by atoms with E-state index in [4.69, 9.17) is 0 Å². The summed E-state index contributed by atoms with van der Waals surface area (Å²) in [6.45, 7) is 4.43. The van der Waals surface area contributed by atoms with Gasteiger partial charge >= 0.3 is 0 Å². The molecule has 0 aliphatic carbocycles. The number of rotatable bonds is 4. The number of halogens is 3. The van der Waals surface area contributed by atoms with Crippen LogP contribution in [0.25, 0.3) is 0 Å². The van der Waals surface area contributed by atoms with E-state index in [1.54, 1.807) is 6.07 Å². The van der Waals surface area contributed by atoms with E-state index in [2.05, 4.69) is 5.32 Å². The Balaban J connectivity index is 0.00000220. The summed E-state index contributed by atoms with van der Waals surface area (Å²) in [7, 11) is 0. The Hall–Kier alpha value is -1.20. The van der Waals surface area contributed by atoms with Gasteiger partial charge in [0.05, 0.1) is 0 Å². The van der Waals surface area contributed by atoms with Gasteiger partial charge in [0, 0.05) is 32.1 Å². The molecule has 0 radical (unpaired) electrons. The Morgan fingerprint density at radius 2 is 2.14 bits per heavy atom. The fourth-order valence-electron chi connectivity index (χ4n) is 2.49. The largest absolute Gasteiger partial charge is 0.337 e. The second-order valence-corrected chi connectivity index (χ2v) is 5.24. The number of carbonyl (C=O) groups is 1. The topological polar surface area (TPSA) is 32.3 Å². The fourth-order valence-corrected chi connectivity index (χ4v) is 2.49. The van der Waals surface area contributed by atoms with E-state index in [-0.39, 0.29) is 24.4 Å². The Morgan fingerprint density at radius 1 is 1.38 bits per heavy atom. The van der Waals surface area contributed by atoms with E-state index >= 15 is 0 Å². The van der Waals surface area contributed by atoms with Crippen LogP contribution in [-0.2, 0) is 11.2 Å². The molecular weight excluding hydrogens is 298 g/mol. The third-order valence-electron chi connectivity index (χ3n) is 3.66. The zero-order valence-electron chi connectivity index (χ0n) is 12.1. The Labute approximate surface area is 130 Å². The van der Waals surface area contributed by atoms with Crippen LogP contribution in [0.3, 0.4) is 0 Å². The second-order valence-electron chi connectivity index (χ2n) is 5.24. The molecule has 118 valence electrons. The summed E-state index contributed by atoms with van der Waals surface area (Å²) in [4.78, 5) is 14.0. The quantitative estimate of drug-likeness (QED) is 0.925. The third-order valence-corrected chi connectivity index (χ3v) is 3.66. The predicted octanol–water partition coefficient (Wildman–Crippen LogP) is 2.53. The van der Waals surface area contributed by atoms with Gasteiger partial charge in [0.25, 0.3) is 0 Å². The van der Waals surface area contributed by atoms with Crippen LogP contribution in [0.1, 0.15) is 25.3 Å². The van der Waals surface area contributed by atoms with Crippen LogP contribution in [-0.4, -0.2) is 36.5 Å². The first-order valence-electron chi connectivity index (χ1n) is 7.02. The van der Waals surface area contributed by atoms with Gasteiger partial charge in [-0.1, -0.05) is 6.07 Å². The first-order chi connectivity index (χ1) is 9.58. The summed E-state index contributed by atoms with van der Waals surface area (Å²) in [6.07, 6.45) is 1.69. The van der Waals surface area contributed by atoms with E-state index in [1.165, 1.54) is 6.07 Å². The maximum atomic E-state index is 13.1. The van der Waals surface area contributed by atoms with Crippen molar-refractivity contribution in [1.29, 1.82) is 0 Å². The lowest BCUT2D eigenvalue weighted by molar-refractivity contribution is -0.134. The minimum atomic E-state index is -0.834. The highest BCUT2D eigenvalue weighted by Crippen LogP contribution is 2.13. The van der Waals surface area contributed by atoms with Gasteiger partial charge in [-0.05, 0) is 37.5 Å². The minimum absolute atomic E-state index is 0. The maximum absolute atomic E-state index is 13.1. The molecule has 1 aromatic rings. The summed E-state index contributed by atoms with van der Waals surface area (Å²) in [6, 6.07) is 4.12. The van der Waals surface area contributed by atoms with Crippen molar-refractivity contribution in [3.63, 3.8) is 0 Å². The number of carbonyl (C=O) groups excluding carboxylic acids is 1. The van der Waals surface area contributed by atoms with Gasteiger partial charge in [-0.25, -0.2) is 8.78 Å². The summed E-state index contributed by atoms with van der Waals surface area (Å²) in [5, 5.41) is 3.24. The molecule has 1 N–H and O–H groups in total. The molecule has 1 aliphatic rings. The van der Waals surface area contributed by atoms with Gasteiger partial charge in [0.2, 0.25) is 5.91 Å². The molecule has 0 saturated carbocycles. The van der Waals surface area contributed by atoms with E-state index in [1.807, 2.05) is 11.8 Å². The number of aryl methyl sites for hydroxylation is 1. The van der Waals surface area contributed by atoms with Crippen LogP contribution in [0.2, 0.25) is 0 Å². The standard InChI is InChI=1S/C15H20F2N2O.ClH/c1-11-10-18-7-8-19(11)15(20)4-2-3-12-5-6-13(16)14(17)9-12;/h5-6,9,11,18H,2-4,7-8,10H2,1H3;1H. The number of hydrogen-bond acceptors (Lipinski definition) is 2. The number of nitrogens with zero attached hydrogens (tertiary/aromatic N) is 1. The average Bonchev–Trinajstić information content (AvgIpc) is 2.43. The first-order valence-corrected chi connectivity index (χ1v) is 7.02. The van der Waals surface area contributed by atoms with Gasteiger partial charge in [-0.15, -0.1) is 12.4 Å². The Kier molecular flexibility index (Phi) is 7.05. The van der Waals surface area contributed by atoms with Crippen molar-refractivity contribution in [2.45, 2.75) is 32.2 Å². The van der Waals surface area contributed by atoms with Gasteiger partial charge < -0.3 is 10.2 Å².